The van der Waals surface area contributed by atoms with Crippen LogP contribution in [-0.2, 0) is 9.59 Å². The van der Waals surface area contributed by atoms with E-state index in [2.05, 4.69) is 15.6 Å². The fourth-order valence-electron chi connectivity index (χ4n) is 3.00. The minimum Gasteiger partial charge on any atom is -0.481 e. The highest BCUT2D eigenvalue weighted by atomic mass is 32.1. The van der Waals surface area contributed by atoms with E-state index >= 15 is 0 Å². The van der Waals surface area contributed by atoms with Crippen LogP contribution in [0, 0.1) is 18.8 Å². The first-order valence-corrected chi connectivity index (χ1v) is 9.24. The molecular weight excluding hydrogens is 342 g/mol. The number of carboxylic acids is 1. The molecule has 1 fully saturated rings. The average molecular weight is 367 g/mol. The van der Waals surface area contributed by atoms with Crippen LogP contribution in [0.2, 0.25) is 0 Å². The fraction of sp³-hybridized carbons (Fsp3) is 0.647. The van der Waals surface area contributed by atoms with Crippen LogP contribution in [0.1, 0.15) is 61.8 Å². The van der Waals surface area contributed by atoms with Crippen LogP contribution in [0.3, 0.4) is 0 Å². The molecule has 7 nitrogen and oxygen atoms in total. The number of carbonyl (C=O) groups is 3. The third-order valence-electron chi connectivity index (χ3n) is 4.14. The number of hydrogen-bond donors (Lipinski definition) is 3. The van der Waals surface area contributed by atoms with Crippen LogP contribution in [-0.4, -0.2) is 33.4 Å². The van der Waals surface area contributed by atoms with Crippen molar-refractivity contribution >= 4 is 34.3 Å². The first-order chi connectivity index (χ1) is 11.6. The summed E-state index contributed by atoms with van der Waals surface area (Å²) in [6, 6.07) is 0. The maximum atomic E-state index is 12.5. The molecule has 8 heteroatoms. The molecule has 0 aliphatic heterocycles. The minimum atomic E-state index is -0.930. The van der Waals surface area contributed by atoms with Crippen LogP contribution < -0.4 is 10.6 Å². The van der Waals surface area contributed by atoms with Gasteiger partial charge < -0.3 is 15.7 Å². The van der Waals surface area contributed by atoms with Crippen LogP contribution in [0.15, 0.2) is 0 Å². The molecule has 25 heavy (non-hydrogen) atoms. The largest absolute Gasteiger partial charge is 0.481 e. The molecule has 0 bridgehead atoms. The van der Waals surface area contributed by atoms with E-state index in [0.29, 0.717) is 28.5 Å². The second-order valence-electron chi connectivity index (χ2n) is 7.46. The molecule has 2 amide bonds. The predicted molar refractivity (Wildman–Crippen MR) is 95.8 cm³/mol. The maximum absolute atomic E-state index is 12.5. The van der Waals surface area contributed by atoms with Gasteiger partial charge in [-0.15, -0.1) is 0 Å². The lowest BCUT2D eigenvalue weighted by molar-refractivity contribution is -0.147. The lowest BCUT2D eigenvalue weighted by atomic mass is 9.79. The number of aryl methyl sites for hydroxylation is 1. The Morgan fingerprint density at radius 3 is 2.32 bits per heavy atom. The number of rotatable bonds is 4. The first kappa shape index (κ1) is 19.4. The zero-order valence-electron chi connectivity index (χ0n) is 15.0. The SMILES string of the molecule is Cc1nc(NC(=O)C2CCCCC2C(=O)O)sc1C(=O)NC(C)(C)C. The summed E-state index contributed by atoms with van der Waals surface area (Å²) in [7, 11) is 0. The van der Waals surface area contributed by atoms with Gasteiger partial charge in [-0.3, -0.25) is 14.4 Å². The van der Waals surface area contributed by atoms with Gasteiger partial charge in [0.05, 0.1) is 17.5 Å². The molecule has 1 saturated carbocycles. The maximum Gasteiger partial charge on any atom is 0.307 e. The fourth-order valence-corrected chi connectivity index (χ4v) is 3.86. The molecule has 2 rings (SSSR count). The minimum absolute atomic E-state index is 0.232. The molecule has 1 aliphatic carbocycles. The number of carboxylic acid groups (broad SMARTS) is 1. The smallest absolute Gasteiger partial charge is 0.307 e. The quantitative estimate of drug-likeness (QED) is 0.758. The zero-order chi connectivity index (χ0) is 18.8. The summed E-state index contributed by atoms with van der Waals surface area (Å²) in [5, 5.41) is 15.2. The van der Waals surface area contributed by atoms with Crippen LogP contribution in [0.4, 0.5) is 5.13 Å². The Labute approximate surface area is 151 Å². The summed E-state index contributed by atoms with van der Waals surface area (Å²) in [5.41, 5.74) is 0.175. The molecular formula is C17H25N3O4S. The van der Waals surface area contributed by atoms with Gasteiger partial charge in [0, 0.05) is 5.54 Å². The van der Waals surface area contributed by atoms with Gasteiger partial charge in [-0.1, -0.05) is 24.2 Å². The van der Waals surface area contributed by atoms with Gasteiger partial charge in [0.1, 0.15) is 4.88 Å². The van der Waals surface area contributed by atoms with Gasteiger partial charge in [0.15, 0.2) is 5.13 Å². The number of anilines is 1. The molecule has 0 aromatic carbocycles. The number of aromatic nitrogens is 1. The molecule has 1 aromatic rings. The van der Waals surface area contributed by atoms with E-state index in [-0.39, 0.29) is 17.4 Å². The molecule has 1 heterocycles. The second kappa shape index (κ2) is 7.51. The van der Waals surface area contributed by atoms with Crippen molar-refractivity contribution in [2.24, 2.45) is 11.8 Å². The number of nitrogens with zero attached hydrogens (tertiary/aromatic N) is 1. The van der Waals surface area contributed by atoms with E-state index in [1.54, 1.807) is 6.92 Å². The van der Waals surface area contributed by atoms with Crippen molar-refractivity contribution in [3.05, 3.63) is 10.6 Å². The van der Waals surface area contributed by atoms with Crippen LogP contribution >= 0.6 is 11.3 Å². The van der Waals surface area contributed by atoms with E-state index in [0.717, 1.165) is 24.2 Å². The summed E-state index contributed by atoms with van der Waals surface area (Å²) in [4.78, 5) is 40.8. The van der Waals surface area contributed by atoms with Gasteiger partial charge >= 0.3 is 5.97 Å². The first-order valence-electron chi connectivity index (χ1n) is 8.42. The summed E-state index contributed by atoms with van der Waals surface area (Å²) in [6.07, 6.45) is 2.75. The van der Waals surface area contributed by atoms with Crippen LogP contribution in [0.5, 0.6) is 0 Å². The molecule has 138 valence electrons. The Kier molecular flexibility index (Phi) is 5.82. The second-order valence-corrected chi connectivity index (χ2v) is 8.46. The number of hydrogen-bond acceptors (Lipinski definition) is 5. The molecule has 3 N–H and O–H groups in total. The lowest BCUT2D eigenvalue weighted by Crippen LogP contribution is -2.40. The standard InChI is InChI=1S/C17H25N3O4S/c1-9-12(14(22)20-17(2,3)4)25-16(18-9)19-13(21)10-7-5-6-8-11(10)15(23)24/h10-11H,5-8H2,1-4H3,(H,20,22)(H,23,24)(H,18,19,21). The molecule has 1 aromatic heterocycles. The summed E-state index contributed by atoms with van der Waals surface area (Å²) >= 11 is 1.11. The Balaban J connectivity index is 2.10. The van der Waals surface area contributed by atoms with Crippen molar-refractivity contribution in [1.82, 2.24) is 10.3 Å². The number of thiazole rings is 1. The highest BCUT2D eigenvalue weighted by molar-refractivity contribution is 7.17. The van der Waals surface area contributed by atoms with E-state index in [4.69, 9.17) is 0 Å². The van der Waals surface area contributed by atoms with Crippen molar-refractivity contribution in [2.45, 2.75) is 58.9 Å². The topological polar surface area (TPSA) is 108 Å². The van der Waals surface area contributed by atoms with Crippen molar-refractivity contribution in [2.75, 3.05) is 5.32 Å². The zero-order valence-corrected chi connectivity index (χ0v) is 15.8. The normalized spacial score (nSPS) is 20.8. The van der Waals surface area contributed by atoms with Gasteiger partial charge in [-0.25, -0.2) is 4.98 Å². The van der Waals surface area contributed by atoms with Crippen molar-refractivity contribution in [3.8, 4) is 0 Å². The van der Waals surface area contributed by atoms with Crippen molar-refractivity contribution in [1.29, 1.82) is 0 Å². The van der Waals surface area contributed by atoms with E-state index in [1.165, 1.54) is 0 Å². The molecule has 0 saturated heterocycles. The molecule has 2 atom stereocenters. The Morgan fingerprint density at radius 2 is 1.76 bits per heavy atom. The number of nitrogens with one attached hydrogen (secondary N) is 2. The Bertz CT molecular complexity index is 678. The van der Waals surface area contributed by atoms with E-state index in [1.807, 2.05) is 20.8 Å². The number of amides is 2. The van der Waals surface area contributed by atoms with Gasteiger partial charge in [0.2, 0.25) is 5.91 Å². The third-order valence-corrected chi connectivity index (χ3v) is 5.21. The lowest BCUT2D eigenvalue weighted by Gasteiger charge is -2.26. The van der Waals surface area contributed by atoms with E-state index < -0.39 is 17.8 Å². The van der Waals surface area contributed by atoms with Crippen molar-refractivity contribution < 1.29 is 19.5 Å². The average Bonchev–Trinajstić information content (AvgIpc) is 2.86. The number of carbonyl (C=O) groups excluding carboxylic acids is 2. The molecule has 0 radical (unpaired) electrons. The van der Waals surface area contributed by atoms with Gasteiger partial charge in [0.25, 0.3) is 5.91 Å². The monoisotopic (exact) mass is 367 g/mol. The summed E-state index contributed by atoms with van der Waals surface area (Å²) < 4.78 is 0. The molecule has 0 spiro atoms. The highest BCUT2D eigenvalue weighted by Gasteiger charge is 2.36. The Hall–Kier alpha value is -1.96. The summed E-state index contributed by atoms with van der Waals surface area (Å²) in [5.74, 6) is -2.70. The highest BCUT2D eigenvalue weighted by Crippen LogP contribution is 2.32. The predicted octanol–water partition coefficient (Wildman–Crippen LogP) is 2.81. The van der Waals surface area contributed by atoms with Crippen molar-refractivity contribution in [3.63, 3.8) is 0 Å². The number of aliphatic carboxylic acids is 1. The molecule has 2 unspecified atom stereocenters. The Morgan fingerprint density at radius 1 is 1.16 bits per heavy atom. The summed E-state index contributed by atoms with van der Waals surface area (Å²) in [6.45, 7) is 7.38. The third kappa shape index (κ3) is 5.01. The van der Waals surface area contributed by atoms with E-state index in [9.17, 15) is 19.5 Å². The molecule has 1 aliphatic rings. The van der Waals surface area contributed by atoms with Gasteiger partial charge in [-0.2, -0.15) is 0 Å². The van der Waals surface area contributed by atoms with Gasteiger partial charge in [-0.05, 0) is 40.5 Å². The van der Waals surface area contributed by atoms with Crippen LogP contribution in [0.25, 0.3) is 0 Å².